The van der Waals surface area contributed by atoms with Crippen LogP contribution >= 0.6 is 0 Å². The number of carbonyl (C=O) groups excluding carboxylic acids is 3. The normalized spacial score (nSPS) is 19.9. The molecule has 0 N–H and O–H groups in total. The summed E-state index contributed by atoms with van der Waals surface area (Å²) in [7, 11) is 4.62. The van der Waals surface area contributed by atoms with Crippen LogP contribution in [0, 0.1) is 5.92 Å². The molecule has 1 saturated heterocycles. The van der Waals surface area contributed by atoms with Crippen LogP contribution in [0.15, 0.2) is 0 Å². The van der Waals surface area contributed by atoms with E-state index in [9.17, 15) is 14.4 Å². The van der Waals surface area contributed by atoms with E-state index in [1.165, 1.54) is 13.8 Å². The number of esters is 2. The third-order valence-corrected chi connectivity index (χ3v) is 2.03. The number of cyclic esters (lactones) is 2. The van der Waals surface area contributed by atoms with E-state index in [0.29, 0.717) is 0 Å². The van der Waals surface area contributed by atoms with E-state index < -0.39 is 29.6 Å². The maximum absolute atomic E-state index is 11.4. The average Bonchev–Trinajstić information content (AvgIpc) is 2.14. The van der Waals surface area contributed by atoms with E-state index in [1.54, 1.807) is 0 Å². The van der Waals surface area contributed by atoms with Crippen molar-refractivity contribution in [2.45, 2.75) is 32.5 Å². The molecule has 1 heterocycles. The molecule has 0 saturated carbocycles. The zero-order chi connectivity index (χ0) is 12.3. The molecule has 2 radical (unpaired) electrons. The summed E-state index contributed by atoms with van der Waals surface area (Å²) in [6.07, 6.45) is -0.185. The van der Waals surface area contributed by atoms with Crippen LogP contribution in [0.1, 0.15) is 26.7 Å². The fraction of sp³-hybridized carbons (Fsp3) is 0.667. The quantitative estimate of drug-likeness (QED) is 0.378. The van der Waals surface area contributed by atoms with Crippen molar-refractivity contribution in [3.05, 3.63) is 0 Å². The summed E-state index contributed by atoms with van der Waals surface area (Å²) in [6, 6.07) is 0. The van der Waals surface area contributed by atoms with Gasteiger partial charge in [0.25, 0.3) is 11.8 Å². The molecule has 0 atom stereocenters. The van der Waals surface area contributed by atoms with Crippen molar-refractivity contribution in [2.75, 3.05) is 0 Å². The van der Waals surface area contributed by atoms with Gasteiger partial charge < -0.3 is 14.1 Å². The van der Waals surface area contributed by atoms with Gasteiger partial charge in [0.15, 0.2) is 5.92 Å². The second-order valence-electron chi connectivity index (χ2n) is 3.82. The maximum atomic E-state index is 11.4. The Kier molecular flexibility index (Phi) is 3.56. The van der Waals surface area contributed by atoms with Crippen LogP contribution in [-0.2, 0) is 28.5 Å². The van der Waals surface area contributed by atoms with Crippen molar-refractivity contribution in [3.8, 4) is 0 Å². The standard InChI is InChI=1S/C9H11BO6/c1-9(2)14-7(12)5(8(13)15-9)3-4-6(11)16-10/h5H,3-4H2,1-2H3. The monoisotopic (exact) mass is 226 g/mol. The molecule has 6 nitrogen and oxygen atoms in total. The Balaban J connectivity index is 2.58. The molecule has 0 aromatic heterocycles. The first kappa shape index (κ1) is 12.5. The Morgan fingerprint density at radius 3 is 2.31 bits per heavy atom. The predicted molar refractivity (Wildman–Crippen MR) is 50.8 cm³/mol. The van der Waals surface area contributed by atoms with Crippen molar-refractivity contribution in [1.29, 1.82) is 0 Å². The molecule has 1 aliphatic heterocycles. The van der Waals surface area contributed by atoms with Gasteiger partial charge in [-0.1, -0.05) is 0 Å². The Bertz CT molecular complexity index is 304. The highest BCUT2D eigenvalue weighted by atomic mass is 16.7. The van der Waals surface area contributed by atoms with Gasteiger partial charge in [-0.15, -0.1) is 0 Å². The van der Waals surface area contributed by atoms with Crippen molar-refractivity contribution in [2.24, 2.45) is 5.92 Å². The number of hydrogen-bond acceptors (Lipinski definition) is 6. The van der Waals surface area contributed by atoms with Crippen LogP contribution in [0.3, 0.4) is 0 Å². The molecule has 0 amide bonds. The second-order valence-corrected chi connectivity index (χ2v) is 3.82. The fourth-order valence-corrected chi connectivity index (χ4v) is 1.30. The topological polar surface area (TPSA) is 78.9 Å². The molecule has 7 heteroatoms. The summed E-state index contributed by atoms with van der Waals surface area (Å²) in [5.41, 5.74) is 0. The molecule has 0 aromatic rings. The Hall–Kier alpha value is -1.53. The second kappa shape index (κ2) is 4.55. The van der Waals surface area contributed by atoms with Crippen LogP contribution in [0.25, 0.3) is 0 Å². The molecule has 1 fully saturated rings. The van der Waals surface area contributed by atoms with Gasteiger partial charge in [0.05, 0.1) is 0 Å². The molecule has 1 rings (SSSR count). The minimum absolute atomic E-state index is 0.0379. The van der Waals surface area contributed by atoms with Crippen LogP contribution in [0.4, 0.5) is 0 Å². The van der Waals surface area contributed by atoms with Gasteiger partial charge in [0.2, 0.25) is 0 Å². The molecule has 0 bridgehead atoms. The molecule has 0 aromatic carbocycles. The van der Waals surface area contributed by atoms with Gasteiger partial charge in [-0.25, -0.2) is 0 Å². The van der Waals surface area contributed by atoms with Crippen molar-refractivity contribution < 1.29 is 28.5 Å². The summed E-state index contributed by atoms with van der Waals surface area (Å²) in [6.45, 7) is 2.90. The molecule has 0 aliphatic carbocycles. The molecule has 0 unspecified atom stereocenters. The molecular weight excluding hydrogens is 215 g/mol. The summed E-state index contributed by atoms with van der Waals surface area (Å²) >= 11 is 0. The highest BCUT2D eigenvalue weighted by molar-refractivity contribution is 6.05. The lowest BCUT2D eigenvalue weighted by Gasteiger charge is -2.32. The smallest absolute Gasteiger partial charge is 0.378 e. The lowest BCUT2D eigenvalue weighted by atomic mass is 10.0. The zero-order valence-corrected chi connectivity index (χ0v) is 9.02. The van der Waals surface area contributed by atoms with Gasteiger partial charge in [-0.2, -0.15) is 0 Å². The summed E-state index contributed by atoms with van der Waals surface area (Å²) in [5.74, 6) is -4.45. The van der Waals surface area contributed by atoms with Gasteiger partial charge in [-0.05, 0) is 6.42 Å². The van der Waals surface area contributed by atoms with Gasteiger partial charge >= 0.3 is 20.0 Å². The van der Waals surface area contributed by atoms with Gasteiger partial charge in [0.1, 0.15) is 0 Å². The Morgan fingerprint density at radius 2 is 1.88 bits per heavy atom. The number of carbonyl (C=O) groups is 3. The van der Waals surface area contributed by atoms with Gasteiger partial charge in [-0.3, -0.25) is 14.4 Å². The highest BCUT2D eigenvalue weighted by Gasteiger charge is 2.42. The largest absolute Gasteiger partial charge is 0.543 e. The molecular formula is C9H11BO6. The first-order chi connectivity index (χ1) is 7.35. The highest BCUT2D eigenvalue weighted by Crippen LogP contribution is 2.25. The zero-order valence-electron chi connectivity index (χ0n) is 9.02. The molecule has 1 aliphatic rings. The van der Waals surface area contributed by atoms with E-state index in [4.69, 9.17) is 9.47 Å². The van der Waals surface area contributed by atoms with E-state index in [0.717, 1.165) is 0 Å². The molecule has 16 heavy (non-hydrogen) atoms. The van der Waals surface area contributed by atoms with Crippen molar-refractivity contribution in [3.63, 3.8) is 0 Å². The van der Waals surface area contributed by atoms with E-state index in [2.05, 4.69) is 12.7 Å². The van der Waals surface area contributed by atoms with Crippen LogP contribution < -0.4 is 0 Å². The predicted octanol–water partition coefficient (Wildman–Crippen LogP) is -0.154. The molecule has 86 valence electrons. The lowest BCUT2D eigenvalue weighted by molar-refractivity contribution is -0.240. The maximum Gasteiger partial charge on any atom is 0.378 e. The third-order valence-electron chi connectivity index (χ3n) is 2.03. The summed E-state index contributed by atoms with van der Waals surface area (Å²) < 4.78 is 13.6. The lowest BCUT2D eigenvalue weighted by Crippen LogP contribution is -2.46. The minimum Gasteiger partial charge on any atom is -0.543 e. The van der Waals surface area contributed by atoms with E-state index >= 15 is 0 Å². The SMILES string of the molecule is [B]OC(=O)CCC1C(=O)OC(C)(C)OC1=O. The van der Waals surface area contributed by atoms with Crippen molar-refractivity contribution >= 4 is 26.0 Å². The number of hydrogen-bond donors (Lipinski definition) is 0. The van der Waals surface area contributed by atoms with Crippen LogP contribution in [-0.4, -0.2) is 31.7 Å². The minimum atomic E-state index is -1.25. The first-order valence-electron chi connectivity index (χ1n) is 4.71. The number of rotatable bonds is 3. The summed E-state index contributed by atoms with van der Waals surface area (Å²) in [4.78, 5) is 33.6. The van der Waals surface area contributed by atoms with Crippen LogP contribution in [0.2, 0.25) is 0 Å². The molecule has 0 spiro atoms. The Labute approximate surface area is 93.7 Å². The fourth-order valence-electron chi connectivity index (χ4n) is 1.30. The van der Waals surface area contributed by atoms with Gasteiger partial charge in [0, 0.05) is 20.3 Å². The van der Waals surface area contributed by atoms with Crippen LogP contribution in [0.5, 0.6) is 0 Å². The van der Waals surface area contributed by atoms with E-state index in [-0.39, 0.29) is 12.8 Å². The first-order valence-corrected chi connectivity index (χ1v) is 4.71. The average molecular weight is 226 g/mol. The Morgan fingerprint density at radius 1 is 1.38 bits per heavy atom. The summed E-state index contributed by atoms with van der Waals surface area (Å²) in [5, 5.41) is 0. The third kappa shape index (κ3) is 2.98. The van der Waals surface area contributed by atoms with Crippen molar-refractivity contribution in [1.82, 2.24) is 0 Å². The number of ether oxygens (including phenoxy) is 2. The van der Waals surface area contributed by atoms with E-state index in [1.807, 2.05) is 0 Å².